The van der Waals surface area contributed by atoms with Crippen LogP contribution < -0.4 is 10.6 Å². The molecule has 0 unspecified atom stereocenters. The van der Waals surface area contributed by atoms with Crippen molar-refractivity contribution in [3.05, 3.63) is 29.6 Å². The van der Waals surface area contributed by atoms with Crippen LogP contribution in [0.3, 0.4) is 0 Å². The Labute approximate surface area is 87.7 Å². The summed E-state index contributed by atoms with van der Waals surface area (Å²) in [5.74, 6) is -0.298. The monoisotopic (exact) mass is 208 g/mol. The second kappa shape index (κ2) is 3.88. The normalized spacial score (nSPS) is 20.1. The average molecular weight is 208 g/mol. The Balaban J connectivity index is 2.13. The maximum Gasteiger partial charge on any atom is 0.242 e. The first-order valence-electron chi connectivity index (χ1n) is 4.96. The molecular weight excluding hydrogens is 195 g/mol. The minimum atomic E-state index is -0.282. The quantitative estimate of drug-likeness (QED) is 0.772. The first-order valence-corrected chi connectivity index (χ1v) is 4.96. The lowest BCUT2D eigenvalue weighted by Gasteiger charge is -2.11. The van der Waals surface area contributed by atoms with Gasteiger partial charge in [-0.05, 0) is 37.1 Å². The zero-order valence-electron chi connectivity index (χ0n) is 8.51. The van der Waals surface area contributed by atoms with Crippen molar-refractivity contribution < 1.29 is 9.18 Å². The average Bonchev–Trinajstić information content (AvgIpc) is 2.50. The van der Waals surface area contributed by atoms with E-state index in [2.05, 4.69) is 10.6 Å². The fraction of sp³-hybridized carbons (Fsp3) is 0.364. The second-order valence-electron chi connectivity index (χ2n) is 3.79. The van der Waals surface area contributed by atoms with Gasteiger partial charge in [-0.2, -0.15) is 0 Å². The Hall–Kier alpha value is -1.58. The molecule has 15 heavy (non-hydrogen) atoms. The maximum absolute atomic E-state index is 13.1. The number of carbonyl (C=O) groups excluding carboxylic acids is 1. The number of halogens is 1. The van der Waals surface area contributed by atoms with Crippen LogP contribution in [0.4, 0.5) is 10.1 Å². The minimum absolute atomic E-state index is 0.0167. The van der Waals surface area contributed by atoms with Gasteiger partial charge < -0.3 is 10.6 Å². The van der Waals surface area contributed by atoms with Crippen molar-refractivity contribution in [2.45, 2.75) is 19.4 Å². The van der Waals surface area contributed by atoms with Gasteiger partial charge in [0.15, 0.2) is 0 Å². The highest BCUT2D eigenvalue weighted by Gasteiger charge is 2.23. The van der Waals surface area contributed by atoms with E-state index in [1.807, 2.05) is 13.0 Å². The molecule has 0 saturated carbocycles. The standard InChI is InChI=1S/C11H13FN2O/c1-7-4-8(12)6-9(5-7)14-10-2-3-13-11(10)15/h4-6,10,14H,2-3H2,1H3,(H,13,15)/t10-/m0/s1. The van der Waals surface area contributed by atoms with Gasteiger partial charge in [0, 0.05) is 12.2 Å². The number of hydrogen-bond donors (Lipinski definition) is 2. The number of aryl methyl sites for hydroxylation is 1. The molecule has 4 heteroatoms. The van der Waals surface area contributed by atoms with Gasteiger partial charge in [-0.25, -0.2) is 4.39 Å². The van der Waals surface area contributed by atoms with E-state index in [0.717, 1.165) is 12.0 Å². The van der Waals surface area contributed by atoms with Gasteiger partial charge >= 0.3 is 0 Å². The molecule has 0 aliphatic carbocycles. The minimum Gasteiger partial charge on any atom is -0.374 e. The summed E-state index contributed by atoms with van der Waals surface area (Å²) in [4.78, 5) is 11.3. The van der Waals surface area contributed by atoms with E-state index in [0.29, 0.717) is 12.2 Å². The van der Waals surface area contributed by atoms with Crippen LogP contribution in [-0.2, 0) is 4.79 Å². The molecule has 1 atom stereocenters. The Kier molecular flexibility index (Phi) is 2.58. The molecule has 3 nitrogen and oxygen atoms in total. The zero-order valence-corrected chi connectivity index (χ0v) is 8.51. The molecule has 0 bridgehead atoms. The summed E-state index contributed by atoms with van der Waals surface area (Å²) in [7, 11) is 0. The third-order valence-electron chi connectivity index (χ3n) is 2.43. The van der Waals surface area contributed by atoms with Gasteiger partial charge in [-0.1, -0.05) is 0 Å². The number of benzene rings is 1. The first kappa shape index (κ1) is 9.96. The van der Waals surface area contributed by atoms with Crippen molar-refractivity contribution >= 4 is 11.6 Å². The van der Waals surface area contributed by atoms with Crippen LogP contribution in [0.2, 0.25) is 0 Å². The van der Waals surface area contributed by atoms with Gasteiger partial charge in [-0.3, -0.25) is 4.79 Å². The van der Waals surface area contributed by atoms with Crippen LogP contribution in [0.5, 0.6) is 0 Å². The van der Waals surface area contributed by atoms with Crippen LogP contribution in [0.15, 0.2) is 18.2 Å². The van der Waals surface area contributed by atoms with Crippen LogP contribution in [0.25, 0.3) is 0 Å². The maximum atomic E-state index is 13.1. The number of nitrogens with one attached hydrogen (secondary N) is 2. The van der Waals surface area contributed by atoms with Gasteiger partial charge in [0.1, 0.15) is 11.9 Å². The highest BCUT2D eigenvalue weighted by Crippen LogP contribution is 2.16. The van der Waals surface area contributed by atoms with Crippen molar-refractivity contribution in [2.24, 2.45) is 0 Å². The molecule has 1 fully saturated rings. The summed E-state index contributed by atoms with van der Waals surface area (Å²) in [6, 6.07) is 4.46. The fourth-order valence-electron chi connectivity index (χ4n) is 1.75. The Morgan fingerprint density at radius 1 is 1.47 bits per heavy atom. The lowest BCUT2D eigenvalue weighted by molar-refractivity contribution is -0.119. The molecule has 1 aromatic rings. The van der Waals surface area contributed by atoms with E-state index in [1.165, 1.54) is 12.1 Å². The lowest BCUT2D eigenvalue weighted by atomic mass is 10.2. The fourth-order valence-corrected chi connectivity index (χ4v) is 1.75. The van der Waals surface area contributed by atoms with Crippen molar-refractivity contribution in [2.75, 3.05) is 11.9 Å². The summed E-state index contributed by atoms with van der Waals surface area (Å²) in [6.07, 6.45) is 0.744. The summed E-state index contributed by atoms with van der Waals surface area (Å²) in [5.41, 5.74) is 1.51. The lowest BCUT2D eigenvalue weighted by Crippen LogP contribution is -2.29. The predicted molar refractivity (Wildman–Crippen MR) is 56.2 cm³/mol. The van der Waals surface area contributed by atoms with Crippen LogP contribution in [-0.4, -0.2) is 18.5 Å². The molecule has 0 spiro atoms. The van der Waals surface area contributed by atoms with Crippen molar-refractivity contribution in [3.8, 4) is 0 Å². The van der Waals surface area contributed by atoms with E-state index in [1.54, 1.807) is 0 Å². The van der Waals surface area contributed by atoms with Crippen LogP contribution in [0, 0.1) is 12.7 Å². The van der Waals surface area contributed by atoms with E-state index >= 15 is 0 Å². The molecule has 2 rings (SSSR count). The molecule has 1 aromatic carbocycles. The van der Waals surface area contributed by atoms with E-state index < -0.39 is 0 Å². The zero-order chi connectivity index (χ0) is 10.8. The number of carbonyl (C=O) groups is 1. The molecule has 80 valence electrons. The van der Waals surface area contributed by atoms with Crippen molar-refractivity contribution in [3.63, 3.8) is 0 Å². The third kappa shape index (κ3) is 2.26. The first-order chi connectivity index (χ1) is 7.15. The third-order valence-corrected chi connectivity index (χ3v) is 2.43. The van der Waals surface area contributed by atoms with Crippen molar-refractivity contribution in [1.29, 1.82) is 0 Å². The highest BCUT2D eigenvalue weighted by atomic mass is 19.1. The highest BCUT2D eigenvalue weighted by molar-refractivity contribution is 5.86. The summed E-state index contributed by atoms with van der Waals surface area (Å²) in [5, 5.41) is 5.74. The van der Waals surface area contributed by atoms with Gasteiger partial charge in [0.2, 0.25) is 5.91 Å². The van der Waals surface area contributed by atoms with Crippen LogP contribution in [0.1, 0.15) is 12.0 Å². The summed E-state index contributed by atoms with van der Waals surface area (Å²) < 4.78 is 13.1. The van der Waals surface area contributed by atoms with Gasteiger partial charge in [0.25, 0.3) is 0 Å². The molecule has 2 N–H and O–H groups in total. The van der Waals surface area contributed by atoms with E-state index in [4.69, 9.17) is 0 Å². The Morgan fingerprint density at radius 2 is 2.27 bits per heavy atom. The van der Waals surface area contributed by atoms with E-state index in [9.17, 15) is 9.18 Å². The summed E-state index contributed by atoms with van der Waals surface area (Å²) in [6.45, 7) is 2.51. The molecular formula is C11H13FN2O. The topological polar surface area (TPSA) is 41.1 Å². The largest absolute Gasteiger partial charge is 0.374 e. The van der Waals surface area contributed by atoms with Crippen molar-refractivity contribution in [1.82, 2.24) is 5.32 Å². The van der Waals surface area contributed by atoms with Gasteiger partial charge in [0.05, 0.1) is 0 Å². The van der Waals surface area contributed by atoms with Crippen LogP contribution >= 0.6 is 0 Å². The Morgan fingerprint density at radius 3 is 2.87 bits per heavy atom. The molecule has 1 amide bonds. The number of rotatable bonds is 2. The molecule has 1 aliphatic rings. The second-order valence-corrected chi connectivity index (χ2v) is 3.79. The number of anilines is 1. The molecule has 1 saturated heterocycles. The summed E-state index contributed by atoms with van der Waals surface area (Å²) >= 11 is 0. The smallest absolute Gasteiger partial charge is 0.242 e. The molecule has 0 aromatic heterocycles. The SMILES string of the molecule is Cc1cc(F)cc(N[C@H]2CCNC2=O)c1. The molecule has 0 radical (unpaired) electrons. The molecule has 1 heterocycles. The Bertz CT molecular complexity index is 372. The predicted octanol–water partition coefficient (Wildman–Crippen LogP) is 1.43. The van der Waals surface area contributed by atoms with E-state index in [-0.39, 0.29) is 17.8 Å². The van der Waals surface area contributed by atoms with Gasteiger partial charge in [-0.15, -0.1) is 0 Å². The molecule has 1 aliphatic heterocycles. The number of amides is 1. The number of hydrogen-bond acceptors (Lipinski definition) is 2.